The molecule has 0 spiro atoms. The van der Waals surface area contributed by atoms with E-state index in [-0.39, 0.29) is 18.2 Å². The van der Waals surface area contributed by atoms with Crippen molar-refractivity contribution < 1.29 is 14.3 Å². The first-order chi connectivity index (χ1) is 12.1. The van der Waals surface area contributed by atoms with Gasteiger partial charge in [0, 0.05) is 39.3 Å². The van der Waals surface area contributed by atoms with Gasteiger partial charge in [0.25, 0.3) is 0 Å². The highest BCUT2D eigenvalue weighted by Crippen LogP contribution is 2.14. The Kier molecular flexibility index (Phi) is 6.29. The van der Waals surface area contributed by atoms with Gasteiger partial charge >= 0.3 is 6.03 Å². The number of benzene rings is 1. The Morgan fingerprint density at radius 3 is 2.44 bits per heavy atom. The highest BCUT2D eigenvalue weighted by molar-refractivity contribution is 5.74. The second-order valence-electron chi connectivity index (χ2n) is 6.98. The van der Waals surface area contributed by atoms with E-state index >= 15 is 0 Å². The monoisotopic (exact) mass is 347 g/mol. The molecule has 6 nitrogen and oxygen atoms in total. The lowest BCUT2D eigenvalue weighted by molar-refractivity contribution is -0.0545. The summed E-state index contributed by atoms with van der Waals surface area (Å²) in [5.41, 5.74) is 2.45. The minimum atomic E-state index is -0.0109. The lowest BCUT2D eigenvalue weighted by Crippen LogP contribution is -2.51. The van der Waals surface area contributed by atoms with Crippen LogP contribution in [0.25, 0.3) is 0 Å². The molecule has 1 aromatic carbocycles. The fourth-order valence-corrected chi connectivity index (χ4v) is 3.51. The number of hydrogen-bond donors (Lipinski definition) is 1. The zero-order valence-electron chi connectivity index (χ0n) is 15.2. The number of morpholine rings is 2. The molecular formula is C19H29N3O3. The molecule has 0 aliphatic carbocycles. The Balaban J connectivity index is 1.56. The molecule has 2 aliphatic heterocycles. The first-order valence-electron chi connectivity index (χ1n) is 9.17. The van der Waals surface area contributed by atoms with Crippen LogP contribution in [0.5, 0.6) is 0 Å². The summed E-state index contributed by atoms with van der Waals surface area (Å²) in [6.45, 7) is 10.3. The van der Waals surface area contributed by atoms with E-state index < -0.39 is 0 Å². The maximum Gasteiger partial charge on any atom is 0.317 e. The second kappa shape index (κ2) is 8.65. The summed E-state index contributed by atoms with van der Waals surface area (Å²) in [5, 5.41) is 3.08. The maximum absolute atomic E-state index is 12.5. The SMILES string of the molecule is C[C@H]1CN(C(=O)NCc2ccccc2CN2CCOCC2)C[C@H](C)O1. The number of nitrogens with zero attached hydrogens (tertiary/aromatic N) is 2. The predicted molar refractivity (Wildman–Crippen MR) is 96.4 cm³/mol. The van der Waals surface area contributed by atoms with Crippen molar-refractivity contribution in [3.8, 4) is 0 Å². The fourth-order valence-electron chi connectivity index (χ4n) is 3.51. The number of carbonyl (C=O) groups is 1. The third-order valence-electron chi connectivity index (χ3n) is 4.75. The molecule has 25 heavy (non-hydrogen) atoms. The third kappa shape index (κ3) is 5.17. The van der Waals surface area contributed by atoms with Crippen LogP contribution < -0.4 is 5.32 Å². The van der Waals surface area contributed by atoms with Crippen LogP contribution in [0, 0.1) is 0 Å². The molecule has 0 saturated carbocycles. The standard InChI is InChI=1S/C19H29N3O3/c1-15-12-22(13-16(2)25-15)19(23)20-11-17-5-3-4-6-18(17)14-21-7-9-24-10-8-21/h3-6,15-16H,7-14H2,1-2H3,(H,20,23)/t15-,16-/m0/s1. The van der Waals surface area contributed by atoms with E-state index in [9.17, 15) is 4.79 Å². The smallest absolute Gasteiger partial charge is 0.317 e. The van der Waals surface area contributed by atoms with E-state index in [4.69, 9.17) is 9.47 Å². The van der Waals surface area contributed by atoms with Gasteiger partial charge in [-0.05, 0) is 25.0 Å². The number of hydrogen-bond acceptors (Lipinski definition) is 4. The van der Waals surface area contributed by atoms with Crippen LogP contribution in [-0.2, 0) is 22.6 Å². The van der Waals surface area contributed by atoms with Gasteiger partial charge in [0.1, 0.15) is 0 Å². The van der Waals surface area contributed by atoms with E-state index in [1.807, 2.05) is 24.8 Å². The van der Waals surface area contributed by atoms with Crippen molar-refractivity contribution in [3.05, 3.63) is 35.4 Å². The topological polar surface area (TPSA) is 54.0 Å². The molecule has 2 aliphatic rings. The van der Waals surface area contributed by atoms with Crippen molar-refractivity contribution in [1.29, 1.82) is 0 Å². The molecule has 0 radical (unpaired) electrons. The molecule has 0 bridgehead atoms. The summed E-state index contributed by atoms with van der Waals surface area (Å²) in [4.78, 5) is 16.7. The molecule has 0 aromatic heterocycles. The Morgan fingerprint density at radius 1 is 1.12 bits per heavy atom. The Morgan fingerprint density at radius 2 is 1.76 bits per heavy atom. The van der Waals surface area contributed by atoms with Gasteiger partial charge < -0.3 is 19.7 Å². The average molecular weight is 347 g/mol. The molecule has 2 fully saturated rings. The van der Waals surface area contributed by atoms with Crippen LogP contribution >= 0.6 is 0 Å². The lowest BCUT2D eigenvalue weighted by atomic mass is 10.1. The van der Waals surface area contributed by atoms with E-state index in [2.05, 4.69) is 28.4 Å². The second-order valence-corrected chi connectivity index (χ2v) is 6.98. The number of carbonyl (C=O) groups excluding carboxylic acids is 1. The van der Waals surface area contributed by atoms with E-state index in [1.54, 1.807) is 0 Å². The van der Waals surface area contributed by atoms with Gasteiger partial charge in [-0.25, -0.2) is 4.79 Å². The van der Waals surface area contributed by atoms with Crippen molar-refractivity contribution in [2.75, 3.05) is 39.4 Å². The molecule has 3 rings (SSSR count). The summed E-state index contributed by atoms with van der Waals surface area (Å²) in [5.74, 6) is 0. The maximum atomic E-state index is 12.5. The Bertz CT molecular complexity index is 565. The van der Waals surface area contributed by atoms with Gasteiger partial charge in [0.05, 0.1) is 25.4 Å². The number of urea groups is 1. The fraction of sp³-hybridized carbons (Fsp3) is 0.632. The van der Waals surface area contributed by atoms with Crippen molar-refractivity contribution >= 4 is 6.03 Å². The van der Waals surface area contributed by atoms with Crippen molar-refractivity contribution in [1.82, 2.24) is 15.1 Å². The molecule has 2 amide bonds. The normalized spacial score (nSPS) is 25.0. The molecule has 6 heteroatoms. The van der Waals surface area contributed by atoms with Gasteiger partial charge in [-0.2, -0.15) is 0 Å². The van der Waals surface area contributed by atoms with Crippen LogP contribution in [0.3, 0.4) is 0 Å². The molecule has 1 N–H and O–H groups in total. The lowest BCUT2D eigenvalue weighted by Gasteiger charge is -2.35. The number of nitrogens with one attached hydrogen (secondary N) is 1. The minimum absolute atomic E-state index is 0.0109. The molecule has 2 atom stereocenters. The molecule has 1 aromatic rings. The van der Waals surface area contributed by atoms with Crippen molar-refractivity contribution in [2.24, 2.45) is 0 Å². The highest BCUT2D eigenvalue weighted by atomic mass is 16.5. The van der Waals surface area contributed by atoms with Gasteiger partial charge in [0.2, 0.25) is 0 Å². The van der Waals surface area contributed by atoms with Crippen LogP contribution in [0.15, 0.2) is 24.3 Å². The number of ether oxygens (including phenoxy) is 2. The highest BCUT2D eigenvalue weighted by Gasteiger charge is 2.25. The van der Waals surface area contributed by atoms with Gasteiger partial charge in [0.15, 0.2) is 0 Å². The number of rotatable bonds is 4. The summed E-state index contributed by atoms with van der Waals surface area (Å²) in [7, 11) is 0. The first kappa shape index (κ1) is 18.2. The molecule has 138 valence electrons. The van der Waals surface area contributed by atoms with Crippen molar-refractivity contribution in [2.45, 2.75) is 39.1 Å². The third-order valence-corrected chi connectivity index (χ3v) is 4.75. The number of amides is 2. The van der Waals surface area contributed by atoms with Gasteiger partial charge in [-0.3, -0.25) is 4.90 Å². The Labute approximate surface area is 150 Å². The predicted octanol–water partition coefficient (Wildman–Crippen LogP) is 1.84. The van der Waals surface area contributed by atoms with Crippen LogP contribution in [-0.4, -0.2) is 67.4 Å². The summed E-state index contributed by atoms with van der Waals surface area (Å²) >= 11 is 0. The van der Waals surface area contributed by atoms with Crippen molar-refractivity contribution in [3.63, 3.8) is 0 Å². The quantitative estimate of drug-likeness (QED) is 0.903. The van der Waals surface area contributed by atoms with E-state index in [0.29, 0.717) is 19.6 Å². The summed E-state index contributed by atoms with van der Waals surface area (Å²) in [6.07, 6.45) is 0.172. The minimum Gasteiger partial charge on any atom is -0.379 e. The average Bonchev–Trinajstić information content (AvgIpc) is 2.61. The first-order valence-corrected chi connectivity index (χ1v) is 9.17. The van der Waals surface area contributed by atoms with E-state index in [1.165, 1.54) is 11.1 Å². The van der Waals surface area contributed by atoms with Crippen LogP contribution in [0.4, 0.5) is 4.79 Å². The molecule has 0 unspecified atom stereocenters. The largest absolute Gasteiger partial charge is 0.379 e. The Hall–Kier alpha value is -1.63. The summed E-state index contributed by atoms with van der Waals surface area (Å²) in [6, 6.07) is 8.33. The van der Waals surface area contributed by atoms with Crippen LogP contribution in [0.1, 0.15) is 25.0 Å². The zero-order valence-corrected chi connectivity index (χ0v) is 15.2. The summed E-state index contributed by atoms with van der Waals surface area (Å²) < 4.78 is 11.1. The molecule has 2 saturated heterocycles. The molecule has 2 heterocycles. The van der Waals surface area contributed by atoms with Gasteiger partial charge in [-0.1, -0.05) is 24.3 Å². The van der Waals surface area contributed by atoms with Gasteiger partial charge in [-0.15, -0.1) is 0 Å². The molecular weight excluding hydrogens is 318 g/mol. The zero-order chi connectivity index (χ0) is 17.6. The van der Waals surface area contributed by atoms with Crippen LogP contribution in [0.2, 0.25) is 0 Å². The van der Waals surface area contributed by atoms with E-state index in [0.717, 1.165) is 32.8 Å².